The molecule has 0 spiro atoms. The summed E-state index contributed by atoms with van der Waals surface area (Å²) in [7, 11) is 0. The molecular formula is C12H14ClFO. The molecule has 0 aromatic heterocycles. The van der Waals surface area contributed by atoms with Crippen LogP contribution >= 0.6 is 11.6 Å². The van der Waals surface area contributed by atoms with E-state index < -0.39 is 5.82 Å². The highest BCUT2D eigenvalue weighted by molar-refractivity contribution is 6.30. The molecule has 0 heterocycles. The molecule has 0 saturated carbocycles. The van der Waals surface area contributed by atoms with Crippen LogP contribution in [0.4, 0.5) is 4.39 Å². The van der Waals surface area contributed by atoms with Crippen molar-refractivity contribution in [1.29, 1.82) is 0 Å². The van der Waals surface area contributed by atoms with Gasteiger partial charge in [0.05, 0.1) is 5.02 Å². The van der Waals surface area contributed by atoms with Crippen molar-refractivity contribution in [2.45, 2.75) is 26.7 Å². The molecule has 0 radical (unpaired) electrons. The second-order valence-corrected chi connectivity index (χ2v) is 4.37. The van der Waals surface area contributed by atoms with Gasteiger partial charge in [-0.3, -0.25) is 0 Å². The summed E-state index contributed by atoms with van der Waals surface area (Å²) in [5.74, 6) is 0.00389. The van der Waals surface area contributed by atoms with Crippen molar-refractivity contribution in [2.24, 2.45) is 5.92 Å². The Morgan fingerprint density at radius 3 is 2.73 bits per heavy atom. The van der Waals surface area contributed by atoms with E-state index in [0.717, 1.165) is 5.56 Å². The highest BCUT2D eigenvalue weighted by atomic mass is 35.5. The summed E-state index contributed by atoms with van der Waals surface area (Å²) in [5, 5.41) is 0.137. The number of ketones is 1. The van der Waals surface area contributed by atoms with Crippen LogP contribution in [0.3, 0.4) is 0 Å². The molecule has 0 aliphatic carbocycles. The monoisotopic (exact) mass is 228 g/mol. The van der Waals surface area contributed by atoms with E-state index in [4.69, 9.17) is 11.6 Å². The molecule has 1 rings (SSSR count). The van der Waals surface area contributed by atoms with Gasteiger partial charge in [0.1, 0.15) is 11.6 Å². The molecule has 0 amide bonds. The zero-order chi connectivity index (χ0) is 11.4. The van der Waals surface area contributed by atoms with Gasteiger partial charge in [-0.2, -0.15) is 0 Å². The molecule has 1 aromatic carbocycles. The fraction of sp³-hybridized carbons (Fsp3) is 0.417. The predicted molar refractivity (Wildman–Crippen MR) is 59.6 cm³/mol. The van der Waals surface area contributed by atoms with Gasteiger partial charge in [-0.15, -0.1) is 0 Å². The van der Waals surface area contributed by atoms with Gasteiger partial charge in [-0.1, -0.05) is 24.6 Å². The summed E-state index contributed by atoms with van der Waals surface area (Å²) in [6.07, 6.45) is 1.23. The maximum absolute atomic E-state index is 13.1. The Labute approximate surface area is 94.3 Å². The van der Waals surface area contributed by atoms with Crippen molar-refractivity contribution >= 4 is 17.4 Å². The highest BCUT2D eigenvalue weighted by Gasteiger charge is 2.08. The third kappa shape index (κ3) is 4.00. The van der Waals surface area contributed by atoms with E-state index in [0.29, 0.717) is 12.8 Å². The Bertz CT molecular complexity index is 363. The van der Waals surface area contributed by atoms with Crippen LogP contribution in [0.15, 0.2) is 18.2 Å². The number of Topliss-reactive ketones (excluding diaryl/α,β-unsaturated/α-hetero) is 1. The summed E-state index contributed by atoms with van der Waals surface area (Å²) in [5.41, 5.74) is 0.880. The second kappa shape index (κ2) is 5.26. The smallest absolute Gasteiger partial charge is 0.142 e. The Hall–Kier alpha value is -0.890. The van der Waals surface area contributed by atoms with Gasteiger partial charge in [0.15, 0.2) is 0 Å². The molecule has 0 fully saturated rings. The number of hydrogen-bond acceptors (Lipinski definition) is 1. The lowest BCUT2D eigenvalue weighted by atomic mass is 9.96. The van der Waals surface area contributed by atoms with Crippen LogP contribution in [0.5, 0.6) is 0 Å². The summed E-state index contributed by atoms with van der Waals surface area (Å²) in [6.45, 7) is 3.55. The number of carbonyl (C=O) groups is 1. The average molecular weight is 229 g/mol. The van der Waals surface area contributed by atoms with Gasteiger partial charge >= 0.3 is 0 Å². The number of benzene rings is 1. The third-order valence-corrected chi connectivity index (χ3v) is 2.51. The fourth-order valence-electron chi connectivity index (χ4n) is 1.63. The number of rotatable bonds is 4. The van der Waals surface area contributed by atoms with Gasteiger partial charge in [-0.05, 0) is 37.0 Å². The van der Waals surface area contributed by atoms with E-state index in [1.54, 1.807) is 19.1 Å². The molecule has 0 N–H and O–H groups in total. The Morgan fingerprint density at radius 1 is 1.53 bits per heavy atom. The minimum absolute atomic E-state index is 0.137. The Kier molecular flexibility index (Phi) is 4.28. The lowest BCUT2D eigenvalue weighted by Crippen LogP contribution is -2.05. The standard InChI is InChI=1S/C12H14ClFO/c1-8(5-9(2)15)6-10-3-4-11(13)12(14)7-10/h3-4,7-8H,5-6H2,1-2H3. The van der Waals surface area contributed by atoms with Crippen molar-refractivity contribution in [3.63, 3.8) is 0 Å². The lowest BCUT2D eigenvalue weighted by molar-refractivity contribution is -0.117. The summed E-state index contributed by atoms with van der Waals surface area (Å²) >= 11 is 5.57. The number of hydrogen-bond donors (Lipinski definition) is 0. The van der Waals surface area contributed by atoms with Gasteiger partial charge < -0.3 is 4.79 Å². The molecule has 3 heteroatoms. The SMILES string of the molecule is CC(=O)CC(C)Cc1ccc(Cl)c(F)c1. The van der Waals surface area contributed by atoms with Crippen LogP contribution < -0.4 is 0 Å². The molecule has 82 valence electrons. The van der Waals surface area contributed by atoms with Crippen LogP contribution in [0.1, 0.15) is 25.8 Å². The van der Waals surface area contributed by atoms with Crippen LogP contribution in [0, 0.1) is 11.7 Å². The molecular weight excluding hydrogens is 215 g/mol. The quantitative estimate of drug-likeness (QED) is 0.769. The fourth-order valence-corrected chi connectivity index (χ4v) is 1.75. The molecule has 0 aliphatic rings. The maximum atomic E-state index is 13.1. The van der Waals surface area contributed by atoms with E-state index in [1.165, 1.54) is 6.07 Å². The minimum atomic E-state index is -0.399. The Balaban J connectivity index is 2.64. The number of halogens is 2. The van der Waals surface area contributed by atoms with E-state index in [2.05, 4.69) is 0 Å². The van der Waals surface area contributed by atoms with E-state index in [9.17, 15) is 9.18 Å². The van der Waals surface area contributed by atoms with Gasteiger partial charge in [0.25, 0.3) is 0 Å². The van der Waals surface area contributed by atoms with Crippen LogP contribution in [0.25, 0.3) is 0 Å². The normalized spacial score (nSPS) is 12.5. The zero-order valence-electron chi connectivity index (χ0n) is 8.89. The van der Waals surface area contributed by atoms with Gasteiger partial charge in [0, 0.05) is 6.42 Å². The predicted octanol–water partition coefficient (Wildman–Crippen LogP) is 3.64. The number of carbonyl (C=O) groups excluding carboxylic acids is 1. The van der Waals surface area contributed by atoms with Gasteiger partial charge in [-0.25, -0.2) is 4.39 Å². The maximum Gasteiger partial charge on any atom is 0.142 e. The second-order valence-electron chi connectivity index (χ2n) is 3.96. The lowest BCUT2D eigenvalue weighted by Gasteiger charge is -2.09. The molecule has 0 saturated heterocycles. The van der Waals surface area contributed by atoms with Crippen LogP contribution in [-0.2, 0) is 11.2 Å². The van der Waals surface area contributed by atoms with Crippen molar-refractivity contribution < 1.29 is 9.18 Å². The van der Waals surface area contributed by atoms with Crippen molar-refractivity contribution in [3.05, 3.63) is 34.6 Å². The van der Waals surface area contributed by atoms with Crippen molar-refractivity contribution in [1.82, 2.24) is 0 Å². The summed E-state index contributed by atoms with van der Waals surface area (Å²) < 4.78 is 13.1. The Morgan fingerprint density at radius 2 is 2.20 bits per heavy atom. The van der Waals surface area contributed by atoms with E-state index in [1.807, 2.05) is 6.92 Å². The summed E-state index contributed by atoms with van der Waals surface area (Å²) in [4.78, 5) is 10.9. The first-order valence-corrected chi connectivity index (χ1v) is 5.30. The average Bonchev–Trinajstić information content (AvgIpc) is 2.10. The van der Waals surface area contributed by atoms with E-state index in [-0.39, 0.29) is 16.7 Å². The molecule has 1 aromatic rings. The molecule has 0 bridgehead atoms. The van der Waals surface area contributed by atoms with Crippen molar-refractivity contribution in [2.75, 3.05) is 0 Å². The van der Waals surface area contributed by atoms with Crippen LogP contribution in [-0.4, -0.2) is 5.78 Å². The molecule has 15 heavy (non-hydrogen) atoms. The molecule has 1 unspecified atom stereocenters. The first-order valence-electron chi connectivity index (χ1n) is 4.92. The molecule has 1 nitrogen and oxygen atoms in total. The third-order valence-electron chi connectivity index (χ3n) is 2.20. The van der Waals surface area contributed by atoms with Gasteiger partial charge in [0.2, 0.25) is 0 Å². The topological polar surface area (TPSA) is 17.1 Å². The first-order chi connectivity index (χ1) is 6.99. The van der Waals surface area contributed by atoms with E-state index >= 15 is 0 Å². The zero-order valence-corrected chi connectivity index (χ0v) is 9.64. The first kappa shape index (κ1) is 12.2. The molecule has 1 atom stereocenters. The summed E-state index contributed by atoms with van der Waals surface area (Å²) in [6, 6.07) is 4.77. The van der Waals surface area contributed by atoms with Crippen LogP contribution in [0.2, 0.25) is 5.02 Å². The van der Waals surface area contributed by atoms with Crippen molar-refractivity contribution in [3.8, 4) is 0 Å². The minimum Gasteiger partial charge on any atom is -0.300 e. The largest absolute Gasteiger partial charge is 0.300 e. The molecule has 0 aliphatic heterocycles. The highest BCUT2D eigenvalue weighted by Crippen LogP contribution is 2.18.